The summed E-state index contributed by atoms with van der Waals surface area (Å²) in [6.45, 7) is -0.674. The topological polar surface area (TPSA) is 163 Å². The first-order valence-corrected chi connectivity index (χ1v) is 5.91. The van der Waals surface area contributed by atoms with E-state index in [0.29, 0.717) is 0 Å². The van der Waals surface area contributed by atoms with Crippen LogP contribution >= 0.6 is 7.82 Å². The number of hydrogen-bond acceptors (Lipinski definition) is 7. The van der Waals surface area contributed by atoms with Gasteiger partial charge in [-0.1, -0.05) is 0 Å². The van der Waals surface area contributed by atoms with Crippen molar-refractivity contribution in [3.63, 3.8) is 0 Å². The number of aliphatic hydroxyl groups is 3. The standard InChI is InChI=1S/C6H14NO8P/c7-3-5(9)4(8)2(15-6(3)10)1-14-16(11,12)13/h2-6,8-10H,1,7H2,(H2,11,12,13)/t2-,3?,4?,5+,6?/m1/s1. The molecule has 1 fully saturated rings. The fourth-order valence-corrected chi connectivity index (χ4v) is 1.62. The second-order valence-corrected chi connectivity index (χ2v) is 4.65. The van der Waals surface area contributed by atoms with E-state index in [4.69, 9.17) is 20.3 Å². The van der Waals surface area contributed by atoms with Crippen molar-refractivity contribution in [3.05, 3.63) is 0 Å². The fraction of sp³-hybridized carbons (Fsp3) is 1.00. The maximum absolute atomic E-state index is 10.4. The minimum atomic E-state index is -4.70. The van der Waals surface area contributed by atoms with Crippen molar-refractivity contribution in [3.8, 4) is 0 Å². The van der Waals surface area contributed by atoms with Gasteiger partial charge in [-0.2, -0.15) is 0 Å². The molecule has 9 nitrogen and oxygen atoms in total. The largest absolute Gasteiger partial charge is 0.469 e. The lowest BCUT2D eigenvalue weighted by Crippen LogP contribution is -2.61. The van der Waals surface area contributed by atoms with Gasteiger partial charge in [0.05, 0.1) is 12.6 Å². The van der Waals surface area contributed by atoms with Crippen molar-refractivity contribution in [1.82, 2.24) is 0 Å². The van der Waals surface area contributed by atoms with Crippen LogP contribution in [-0.4, -0.2) is 62.4 Å². The van der Waals surface area contributed by atoms with E-state index in [9.17, 15) is 19.9 Å². The number of nitrogens with two attached hydrogens (primary N) is 1. The van der Waals surface area contributed by atoms with Crippen molar-refractivity contribution in [1.29, 1.82) is 0 Å². The Morgan fingerprint density at radius 1 is 1.25 bits per heavy atom. The van der Waals surface area contributed by atoms with E-state index in [2.05, 4.69) is 4.52 Å². The quantitative estimate of drug-likeness (QED) is 0.287. The Kier molecular flexibility index (Phi) is 4.41. The van der Waals surface area contributed by atoms with Crippen LogP contribution in [0.4, 0.5) is 0 Å². The predicted molar refractivity (Wildman–Crippen MR) is 48.9 cm³/mol. The monoisotopic (exact) mass is 259 g/mol. The van der Waals surface area contributed by atoms with E-state index < -0.39 is 45.1 Å². The Bertz CT molecular complexity index is 282. The predicted octanol–water partition coefficient (Wildman–Crippen LogP) is -3.14. The number of aliphatic hydroxyl groups excluding tert-OH is 3. The van der Waals surface area contributed by atoms with E-state index in [1.54, 1.807) is 0 Å². The summed E-state index contributed by atoms with van der Waals surface area (Å²) in [7, 11) is -4.70. The Balaban J connectivity index is 2.57. The van der Waals surface area contributed by atoms with Gasteiger partial charge in [-0.25, -0.2) is 4.57 Å². The van der Waals surface area contributed by atoms with Crippen LogP contribution in [0.2, 0.25) is 0 Å². The number of hydrogen-bond donors (Lipinski definition) is 6. The third-order valence-corrected chi connectivity index (χ3v) is 2.66. The van der Waals surface area contributed by atoms with Crippen LogP contribution in [0, 0.1) is 0 Å². The lowest BCUT2D eigenvalue weighted by molar-refractivity contribution is -0.247. The molecule has 0 radical (unpaired) electrons. The number of phosphoric ester groups is 1. The second kappa shape index (κ2) is 5.05. The highest BCUT2D eigenvalue weighted by molar-refractivity contribution is 7.46. The molecule has 0 aromatic heterocycles. The molecule has 7 N–H and O–H groups in total. The molecule has 0 aromatic rings. The smallest absolute Gasteiger partial charge is 0.388 e. The van der Waals surface area contributed by atoms with Crippen molar-refractivity contribution in [2.24, 2.45) is 5.73 Å². The Hall–Kier alpha value is -0.0900. The SMILES string of the molecule is NC1C(O)O[C@H](COP(=O)(O)O)C(O)[C@H]1O. The molecule has 0 spiro atoms. The van der Waals surface area contributed by atoms with E-state index in [-0.39, 0.29) is 0 Å². The summed E-state index contributed by atoms with van der Waals surface area (Å²) >= 11 is 0. The van der Waals surface area contributed by atoms with E-state index in [1.807, 2.05) is 0 Å². The highest BCUT2D eigenvalue weighted by atomic mass is 31.2. The number of rotatable bonds is 3. The normalized spacial score (nSPS) is 41.0. The maximum atomic E-state index is 10.4. The minimum absolute atomic E-state index is 0.674. The summed E-state index contributed by atoms with van der Waals surface area (Å²) in [5, 5.41) is 28.0. The molecule has 96 valence electrons. The molecule has 5 atom stereocenters. The van der Waals surface area contributed by atoms with Gasteiger partial charge < -0.3 is 35.6 Å². The lowest BCUT2D eigenvalue weighted by Gasteiger charge is -2.38. The summed E-state index contributed by atoms with van der Waals surface area (Å²) in [6, 6.07) is -1.19. The van der Waals surface area contributed by atoms with Gasteiger partial charge in [-0.3, -0.25) is 4.52 Å². The van der Waals surface area contributed by atoms with Crippen molar-refractivity contribution >= 4 is 7.82 Å². The van der Waals surface area contributed by atoms with Gasteiger partial charge in [-0.05, 0) is 0 Å². The zero-order chi connectivity index (χ0) is 12.5. The molecule has 3 unspecified atom stereocenters. The zero-order valence-electron chi connectivity index (χ0n) is 8.08. The number of phosphoric acid groups is 1. The van der Waals surface area contributed by atoms with Crippen molar-refractivity contribution in [2.45, 2.75) is 30.6 Å². The molecule has 0 amide bonds. The molecule has 0 saturated carbocycles. The van der Waals surface area contributed by atoms with Crippen LogP contribution in [0.25, 0.3) is 0 Å². The number of ether oxygens (including phenoxy) is 1. The summed E-state index contributed by atoms with van der Waals surface area (Å²) in [5.74, 6) is 0. The minimum Gasteiger partial charge on any atom is -0.388 e. The summed E-state index contributed by atoms with van der Waals surface area (Å²) < 4.78 is 19.2. The first-order chi connectivity index (χ1) is 7.22. The average molecular weight is 259 g/mol. The fourth-order valence-electron chi connectivity index (χ4n) is 1.28. The van der Waals surface area contributed by atoms with Crippen LogP contribution in [0.5, 0.6) is 0 Å². The van der Waals surface area contributed by atoms with Gasteiger partial charge in [0, 0.05) is 0 Å². The van der Waals surface area contributed by atoms with Gasteiger partial charge in [-0.15, -0.1) is 0 Å². The Labute approximate surface area is 90.6 Å². The summed E-state index contributed by atoms with van der Waals surface area (Å²) in [6.07, 6.45) is -5.76. The Morgan fingerprint density at radius 2 is 1.81 bits per heavy atom. The molecule has 1 saturated heterocycles. The molecular weight excluding hydrogens is 245 g/mol. The molecule has 10 heteroatoms. The molecule has 0 bridgehead atoms. The van der Waals surface area contributed by atoms with Crippen LogP contribution < -0.4 is 5.73 Å². The van der Waals surface area contributed by atoms with Gasteiger partial charge >= 0.3 is 7.82 Å². The third kappa shape index (κ3) is 3.45. The van der Waals surface area contributed by atoms with Crippen LogP contribution in [0.1, 0.15) is 0 Å². The van der Waals surface area contributed by atoms with Gasteiger partial charge in [0.1, 0.15) is 18.3 Å². The van der Waals surface area contributed by atoms with Gasteiger partial charge in [0.2, 0.25) is 0 Å². The first kappa shape index (κ1) is 14.0. The van der Waals surface area contributed by atoms with Gasteiger partial charge in [0.25, 0.3) is 0 Å². The molecule has 1 aliphatic heterocycles. The zero-order valence-corrected chi connectivity index (χ0v) is 8.97. The molecular formula is C6H14NO8P. The van der Waals surface area contributed by atoms with Crippen molar-refractivity contribution < 1.29 is 38.9 Å². The molecule has 0 aromatic carbocycles. The highest BCUT2D eigenvalue weighted by Crippen LogP contribution is 2.36. The lowest BCUT2D eigenvalue weighted by atomic mass is 9.98. The molecule has 16 heavy (non-hydrogen) atoms. The molecule has 1 aliphatic rings. The summed E-state index contributed by atoms with van der Waals surface area (Å²) in [5.41, 5.74) is 5.28. The third-order valence-electron chi connectivity index (χ3n) is 2.18. The van der Waals surface area contributed by atoms with Crippen LogP contribution in [0.3, 0.4) is 0 Å². The molecule has 1 heterocycles. The second-order valence-electron chi connectivity index (χ2n) is 3.41. The summed E-state index contributed by atoms with van der Waals surface area (Å²) in [4.78, 5) is 16.8. The Morgan fingerprint density at radius 3 is 2.31 bits per heavy atom. The van der Waals surface area contributed by atoms with E-state index in [0.717, 1.165) is 0 Å². The van der Waals surface area contributed by atoms with Crippen molar-refractivity contribution in [2.75, 3.05) is 6.61 Å². The molecule has 1 rings (SSSR count). The highest BCUT2D eigenvalue weighted by Gasteiger charge is 2.42. The first-order valence-electron chi connectivity index (χ1n) is 4.37. The van der Waals surface area contributed by atoms with E-state index >= 15 is 0 Å². The van der Waals surface area contributed by atoms with E-state index in [1.165, 1.54) is 0 Å². The maximum Gasteiger partial charge on any atom is 0.469 e. The van der Waals surface area contributed by atoms with Gasteiger partial charge in [0.15, 0.2) is 6.29 Å². The van der Waals surface area contributed by atoms with Crippen LogP contribution in [0.15, 0.2) is 0 Å². The average Bonchev–Trinajstić information content (AvgIpc) is 2.17. The molecule has 0 aliphatic carbocycles. The van der Waals surface area contributed by atoms with Crippen LogP contribution in [-0.2, 0) is 13.8 Å².